The fourth-order valence-corrected chi connectivity index (χ4v) is 2.38. The van der Waals surface area contributed by atoms with E-state index in [1.54, 1.807) is 0 Å². The van der Waals surface area contributed by atoms with Gasteiger partial charge >= 0.3 is 0 Å². The summed E-state index contributed by atoms with van der Waals surface area (Å²) >= 11 is 0. The number of aliphatic imine (C=N–C) groups is 1. The Morgan fingerprint density at radius 2 is 2.10 bits per heavy atom. The van der Waals surface area contributed by atoms with Crippen LogP contribution in [0.2, 0.25) is 0 Å². The van der Waals surface area contributed by atoms with E-state index in [-0.39, 0.29) is 24.0 Å². The minimum absolute atomic E-state index is 0. The molecule has 0 bridgehead atoms. The molecule has 1 aromatic rings. The average molecular weight is 387 g/mol. The molecule has 2 rings (SSSR count). The third kappa shape index (κ3) is 4.96. The fourth-order valence-electron chi connectivity index (χ4n) is 2.38. The van der Waals surface area contributed by atoms with E-state index in [0.717, 1.165) is 19.4 Å². The van der Waals surface area contributed by atoms with Crippen LogP contribution in [-0.2, 0) is 0 Å². The number of nitrogens with zero attached hydrogens (tertiary/aromatic N) is 1. The van der Waals surface area contributed by atoms with Gasteiger partial charge in [0.15, 0.2) is 5.96 Å². The molecule has 0 radical (unpaired) electrons. The van der Waals surface area contributed by atoms with E-state index >= 15 is 0 Å². The molecule has 1 aliphatic carbocycles. The molecule has 1 aromatic carbocycles. The summed E-state index contributed by atoms with van der Waals surface area (Å²) in [7, 11) is 0. The zero-order valence-electron chi connectivity index (χ0n) is 12.6. The first-order chi connectivity index (χ1) is 9.08. The third-order valence-electron chi connectivity index (χ3n) is 3.70. The molecule has 4 heteroatoms. The first kappa shape index (κ1) is 17.3. The van der Waals surface area contributed by atoms with Gasteiger partial charge in [0.05, 0.1) is 0 Å². The standard InChI is InChI=1S/C16H25N3.HI/c1-11(2)8-9-18-16(17)19-15-10-14(15)13-7-5-4-6-12(13)3;/h4-7,11,14-15H,8-10H2,1-3H3,(H3,17,18,19);1H. The zero-order chi connectivity index (χ0) is 13.8. The maximum Gasteiger partial charge on any atom is 0.188 e. The quantitative estimate of drug-likeness (QED) is 0.462. The first-order valence-electron chi connectivity index (χ1n) is 7.20. The Morgan fingerprint density at radius 1 is 1.40 bits per heavy atom. The Kier molecular flexibility index (Phi) is 6.79. The van der Waals surface area contributed by atoms with E-state index in [1.165, 1.54) is 11.1 Å². The van der Waals surface area contributed by atoms with Crippen molar-refractivity contribution in [3.63, 3.8) is 0 Å². The lowest BCUT2D eigenvalue weighted by Crippen LogP contribution is -2.34. The molecule has 3 N–H and O–H groups in total. The lowest BCUT2D eigenvalue weighted by atomic mass is 10.0. The summed E-state index contributed by atoms with van der Waals surface area (Å²) in [5.41, 5.74) is 8.73. The second-order valence-corrected chi connectivity index (χ2v) is 5.90. The first-order valence-corrected chi connectivity index (χ1v) is 7.20. The highest BCUT2D eigenvalue weighted by Crippen LogP contribution is 2.41. The number of hydrogen-bond acceptors (Lipinski definition) is 1. The summed E-state index contributed by atoms with van der Waals surface area (Å²) in [4.78, 5) is 4.38. The lowest BCUT2D eigenvalue weighted by Gasteiger charge is -2.07. The molecule has 3 nitrogen and oxygen atoms in total. The molecule has 1 fully saturated rings. The summed E-state index contributed by atoms with van der Waals surface area (Å²) in [5, 5.41) is 3.33. The Balaban J connectivity index is 0.00000200. The van der Waals surface area contributed by atoms with Crippen molar-refractivity contribution in [1.29, 1.82) is 0 Å². The molecule has 0 aliphatic heterocycles. The van der Waals surface area contributed by atoms with Gasteiger partial charge in [-0.25, -0.2) is 0 Å². The van der Waals surface area contributed by atoms with Crippen molar-refractivity contribution >= 4 is 29.9 Å². The van der Waals surface area contributed by atoms with Gasteiger partial charge in [-0.1, -0.05) is 38.1 Å². The Labute approximate surface area is 139 Å². The summed E-state index contributed by atoms with van der Waals surface area (Å²) in [6.45, 7) is 7.39. The molecular weight excluding hydrogens is 361 g/mol. The molecule has 112 valence electrons. The largest absolute Gasteiger partial charge is 0.370 e. The van der Waals surface area contributed by atoms with Gasteiger partial charge in [0.2, 0.25) is 0 Å². The van der Waals surface area contributed by atoms with Crippen molar-refractivity contribution in [1.82, 2.24) is 5.32 Å². The van der Waals surface area contributed by atoms with Crippen molar-refractivity contribution in [3.8, 4) is 0 Å². The van der Waals surface area contributed by atoms with E-state index in [2.05, 4.69) is 55.3 Å². The molecule has 1 saturated carbocycles. The van der Waals surface area contributed by atoms with Crippen LogP contribution in [0.25, 0.3) is 0 Å². The van der Waals surface area contributed by atoms with Crippen LogP contribution in [0.15, 0.2) is 29.3 Å². The number of benzene rings is 1. The minimum Gasteiger partial charge on any atom is -0.370 e. The molecule has 2 unspecified atom stereocenters. The second kappa shape index (κ2) is 7.86. The summed E-state index contributed by atoms with van der Waals surface area (Å²) < 4.78 is 0. The van der Waals surface area contributed by atoms with Crippen LogP contribution in [0.1, 0.15) is 43.7 Å². The van der Waals surface area contributed by atoms with Gasteiger partial charge in [-0.05, 0) is 36.8 Å². The van der Waals surface area contributed by atoms with Gasteiger partial charge in [0, 0.05) is 18.5 Å². The number of halogens is 1. The number of hydrogen-bond donors (Lipinski definition) is 2. The van der Waals surface area contributed by atoms with E-state index < -0.39 is 0 Å². The number of aryl methyl sites for hydroxylation is 1. The summed E-state index contributed by atoms with van der Waals surface area (Å²) in [6.07, 6.45) is 2.25. The van der Waals surface area contributed by atoms with E-state index in [0.29, 0.717) is 23.8 Å². The van der Waals surface area contributed by atoms with Crippen LogP contribution in [0, 0.1) is 12.8 Å². The molecule has 1 aliphatic rings. The molecular formula is C16H26IN3. The molecule has 0 saturated heterocycles. The molecule has 0 spiro atoms. The molecule has 2 atom stereocenters. The molecule has 0 amide bonds. The van der Waals surface area contributed by atoms with Crippen molar-refractivity contribution in [2.75, 3.05) is 6.54 Å². The molecule has 0 heterocycles. The van der Waals surface area contributed by atoms with Gasteiger partial charge < -0.3 is 11.1 Å². The second-order valence-electron chi connectivity index (χ2n) is 5.90. The zero-order valence-corrected chi connectivity index (χ0v) is 14.9. The predicted molar refractivity (Wildman–Crippen MR) is 96.8 cm³/mol. The molecule has 0 aromatic heterocycles. The SMILES string of the molecule is Cc1ccccc1C1CC1NC(N)=NCCC(C)C.I. The highest BCUT2D eigenvalue weighted by Gasteiger charge is 2.39. The smallest absolute Gasteiger partial charge is 0.188 e. The number of rotatable bonds is 5. The van der Waals surface area contributed by atoms with Gasteiger partial charge in [0.25, 0.3) is 0 Å². The Bertz CT molecular complexity index is 457. The third-order valence-corrected chi connectivity index (χ3v) is 3.70. The topological polar surface area (TPSA) is 50.4 Å². The Morgan fingerprint density at radius 3 is 2.75 bits per heavy atom. The van der Waals surface area contributed by atoms with Crippen LogP contribution in [-0.4, -0.2) is 18.5 Å². The van der Waals surface area contributed by atoms with E-state index in [4.69, 9.17) is 5.73 Å². The normalized spacial score (nSPS) is 21.5. The van der Waals surface area contributed by atoms with Crippen LogP contribution in [0.5, 0.6) is 0 Å². The van der Waals surface area contributed by atoms with Gasteiger partial charge in [0.1, 0.15) is 0 Å². The fraction of sp³-hybridized carbons (Fsp3) is 0.562. The number of nitrogens with two attached hydrogens (primary N) is 1. The average Bonchev–Trinajstić information content (AvgIpc) is 3.08. The number of guanidine groups is 1. The highest BCUT2D eigenvalue weighted by atomic mass is 127. The van der Waals surface area contributed by atoms with Crippen LogP contribution in [0.3, 0.4) is 0 Å². The lowest BCUT2D eigenvalue weighted by molar-refractivity contribution is 0.595. The van der Waals surface area contributed by atoms with Crippen LogP contribution >= 0.6 is 24.0 Å². The van der Waals surface area contributed by atoms with Crippen molar-refractivity contribution in [3.05, 3.63) is 35.4 Å². The van der Waals surface area contributed by atoms with Gasteiger partial charge in [-0.15, -0.1) is 24.0 Å². The van der Waals surface area contributed by atoms with Crippen molar-refractivity contribution < 1.29 is 0 Å². The van der Waals surface area contributed by atoms with Crippen molar-refractivity contribution in [2.45, 2.75) is 45.6 Å². The van der Waals surface area contributed by atoms with E-state index in [1.807, 2.05) is 0 Å². The maximum absolute atomic E-state index is 5.92. The Hall–Kier alpha value is -0.780. The minimum atomic E-state index is 0. The number of nitrogens with one attached hydrogen (secondary N) is 1. The van der Waals surface area contributed by atoms with Crippen molar-refractivity contribution in [2.24, 2.45) is 16.6 Å². The highest BCUT2D eigenvalue weighted by molar-refractivity contribution is 14.0. The van der Waals surface area contributed by atoms with Gasteiger partial charge in [-0.2, -0.15) is 0 Å². The summed E-state index contributed by atoms with van der Waals surface area (Å²) in [5.74, 6) is 1.87. The maximum atomic E-state index is 5.92. The molecule has 20 heavy (non-hydrogen) atoms. The van der Waals surface area contributed by atoms with Gasteiger partial charge in [-0.3, -0.25) is 4.99 Å². The predicted octanol–water partition coefficient (Wildman–Crippen LogP) is 3.42. The summed E-state index contributed by atoms with van der Waals surface area (Å²) in [6, 6.07) is 9.05. The van der Waals surface area contributed by atoms with Crippen LogP contribution < -0.4 is 11.1 Å². The monoisotopic (exact) mass is 387 g/mol. The van der Waals surface area contributed by atoms with E-state index in [9.17, 15) is 0 Å². The van der Waals surface area contributed by atoms with Crippen LogP contribution in [0.4, 0.5) is 0 Å².